The van der Waals surface area contributed by atoms with Gasteiger partial charge in [0.15, 0.2) is 0 Å². The second-order valence-corrected chi connectivity index (χ2v) is 4.75. The summed E-state index contributed by atoms with van der Waals surface area (Å²) in [6, 6.07) is 5.93. The van der Waals surface area contributed by atoms with Gasteiger partial charge in [0.1, 0.15) is 17.1 Å². The first-order valence-electron chi connectivity index (χ1n) is 6.49. The number of rotatable bonds is 5. The molecule has 2 N–H and O–H groups in total. The summed E-state index contributed by atoms with van der Waals surface area (Å²) < 4.78 is 5.66. The normalized spacial score (nSPS) is 10.4. The standard InChI is InChI=1S/C15H16N2O4/c1-9-3-4-10(2)12(7-9)21-6-5-13-16-8-11(15(19)20)14(18)17-13/h3-4,7-8H,5-6H2,1-2H3,(H,19,20)(H,16,17,18). The number of hydrogen-bond acceptors (Lipinski definition) is 4. The first kappa shape index (κ1) is 14.8. The van der Waals surface area contributed by atoms with Crippen LogP contribution in [0.15, 0.2) is 29.2 Å². The zero-order valence-electron chi connectivity index (χ0n) is 11.8. The Kier molecular flexibility index (Phi) is 4.37. The van der Waals surface area contributed by atoms with Crippen LogP contribution in [0, 0.1) is 13.8 Å². The van der Waals surface area contributed by atoms with Crippen LogP contribution in [0.2, 0.25) is 0 Å². The fourth-order valence-corrected chi connectivity index (χ4v) is 1.83. The molecule has 1 aromatic heterocycles. The average molecular weight is 288 g/mol. The summed E-state index contributed by atoms with van der Waals surface area (Å²) in [7, 11) is 0. The topological polar surface area (TPSA) is 92.3 Å². The number of carboxylic acid groups (broad SMARTS) is 1. The first-order chi connectivity index (χ1) is 9.97. The van der Waals surface area contributed by atoms with Gasteiger partial charge in [0.05, 0.1) is 6.61 Å². The van der Waals surface area contributed by atoms with E-state index in [-0.39, 0.29) is 5.56 Å². The minimum Gasteiger partial charge on any atom is -0.493 e. The first-order valence-corrected chi connectivity index (χ1v) is 6.49. The summed E-state index contributed by atoms with van der Waals surface area (Å²) >= 11 is 0. The lowest BCUT2D eigenvalue weighted by molar-refractivity contribution is 0.0694. The number of benzene rings is 1. The molecule has 2 aromatic rings. The zero-order chi connectivity index (χ0) is 15.4. The second-order valence-electron chi connectivity index (χ2n) is 4.75. The molecule has 0 fully saturated rings. The van der Waals surface area contributed by atoms with Crippen molar-refractivity contribution in [3.63, 3.8) is 0 Å². The number of nitrogens with one attached hydrogen (secondary N) is 1. The molecule has 0 aliphatic carbocycles. The van der Waals surface area contributed by atoms with Gasteiger partial charge in [-0.15, -0.1) is 0 Å². The molecule has 0 unspecified atom stereocenters. The maximum absolute atomic E-state index is 11.5. The summed E-state index contributed by atoms with van der Waals surface area (Å²) in [5.41, 5.74) is 1.12. The van der Waals surface area contributed by atoms with Crippen molar-refractivity contribution in [3.8, 4) is 5.75 Å². The van der Waals surface area contributed by atoms with Crippen molar-refractivity contribution in [2.75, 3.05) is 6.61 Å². The maximum atomic E-state index is 11.5. The minimum atomic E-state index is -1.29. The maximum Gasteiger partial charge on any atom is 0.342 e. The molecule has 0 bridgehead atoms. The lowest BCUT2D eigenvalue weighted by Gasteiger charge is -2.09. The van der Waals surface area contributed by atoms with Crippen LogP contribution < -0.4 is 10.3 Å². The Balaban J connectivity index is 2.01. The van der Waals surface area contributed by atoms with Crippen LogP contribution in [-0.4, -0.2) is 27.7 Å². The van der Waals surface area contributed by atoms with Crippen molar-refractivity contribution in [1.29, 1.82) is 0 Å². The number of aromatic nitrogens is 2. The Labute approximate surface area is 121 Å². The Morgan fingerprint density at radius 1 is 1.38 bits per heavy atom. The van der Waals surface area contributed by atoms with E-state index < -0.39 is 11.5 Å². The molecule has 2 rings (SSSR count). The van der Waals surface area contributed by atoms with Crippen LogP contribution in [0.1, 0.15) is 27.3 Å². The monoisotopic (exact) mass is 288 g/mol. The molecule has 110 valence electrons. The number of ether oxygens (including phenoxy) is 1. The quantitative estimate of drug-likeness (QED) is 0.873. The molecule has 0 saturated carbocycles. The number of aromatic carboxylic acids is 1. The molecule has 0 amide bonds. The van der Waals surface area contributed by atoms with E-state index in [1.807, 2.05) is 32.0 Å². The van der Waals surface area contributed by atoms with Crippen molar-refractivity contribution in [2.24, 2.45) is 0 Å². The van der Waals surface area contributed by atoms with E-state index in [0.717, 1.165) is 23.1 Å². The van der Waals surface area contributed by atoms with Crippen molar-refractivity contribution in [2.45, 2.75) is 20.3 Å². The summed E-state index contributed by atoms with van der Waals surface area (Å²) in [5.74, 6) is -0.100. The Hall–Kier alpha value is -2.63. The Morgan fingerprint density at radius 2 is 2.14 bits per heavy atom. The van der Waals surface area contributed by atoms with Crippen LogP contribution in [0.25, 0.3) is 0 Å². The molecule has 0 saturated heterocycles. The largest absolute Gasteiger partial charge is 0.493 e. The van der Waals surface area contributed by atoms with Gasteiger partial charge in [0.25, 0.3) is 5.56 Å². The predicted molar refractivity (Wildman–Crippen MR) is 76.9 cm³/mol. The van der Waals surface area contributed by atoms with Gasteiger partial charge in [0, 0.05) is 12.6 Å². The predicted octanol–water partition coefficient (Wildman–Crippen LogP) is 1.71. The third kappa shape index (κ3) is 3.68. The Morgan fingerprint density at radius 3 is 2.81 bits per heavy atom. The number of aryl methyl sites for hydroxylation is 2. The van der Waals surface area contributed by atoms with Gasteiger partial charge in [-0.05, 0) is 31.0 Å². The second kappa shape index (κ2) is 6.21. The summed E-state index contributed by atoms with van der Waals surface area (Å²) in [6.07, 6.45) is 1.46. The molecule has 1 aromatic carbocycles. The van der Waals surface area contributed by atoms with Gasteiger partial charge in [-0.3, -0.25) is 4.79 Å². The van der Waals surface area contributed by atoms with E-state index in [9.17, 15) is 9.59 Å². The fourth-order valence-electron chi connectivity index (χ4n) is 1.83. The van der Waals surface area contributed by atoms with E-state index in [1.165, 1.54) is 0 Å². The van der Waals surface area contributed by atoms with Gasteiger partial charge >= 0.3 is 5.97 Å². The smallest absolute Gasteiger partial charge is 0.342 e. The number of H-pyrrole nitrogens is 1. The fraction of sp³-hybridized carbons (Fsp3) is 0.267. The van der Waals surface area contributed by atoms with Gasteiger partial charge in [0.2, 0.25) is 0 Å². The third-order valence-electron chi connectivity index (χ3n) is 3.02. The van der Waals surface area contributed by atoms with Crippen LogP contribution >= 0.6 is 0 Å². The summed E-state index contributed by atoms with van der Waals surface area (Å²) in [5, 5.41) is 8.75. The molecule has 0 radical (unpaired) electrons. The van der Waals surface area contributed by atoms with E-state index in [1.54, 1.807) is 0 Å². The number of hydrogen-bond donors (Lipinski definition) is 2. The lowest BCUT2D eigenvalue weighted by Crippen LogP contribution is -2.21. The molecule has 6 heteroatoms. The number of carbonyl (C=O) groups is 1. The van der Waals surface area contributed by atoms with E-state index in [0.29, 0.717) is 18.9 Å². The number of carboxylic acids is 1. The molecular formula is C15H16N2O4. The number of aromatic amines is 1. The van der Waals surface area contributed by atoms with Gasteiger partial charge in [-0.1, -0.05) is 12.1 Å². The SMILES string of the molecule is Cc1ccc(C)c(OCCc2ncc(C(=O)O)c(=O)[nH]2)c1. The van der Waals surface area contributed by atoms with Crippen molar-refractivity contribution >= 4 is 5.97 Å². The van der Waals surface area contributed by atoms with Crippen LogP contribution in [-0.2, 0) is 6.42 Å². The molecule has 0 atom stereocenters. The van der Waals surface area contributed by atoms with E-state index in [2.05, 4.69) is 9.97 Å². The molecule has 0 spiro atoms. The van der Waals surface area contributed by atoms with Crippen molar-refractivity contribution < 1.29 is 14.6 Å². The summed E-state index contributed by atoms with van der Waals surface area (Å²) in [6.45, 7) is 4.28. The molecule has 1 heterocycles. The van der Waals surface area contributed by atoms with Crippen LogP contribution in [0.3, 0.4) is 0 Å². The lowest BCUT2D eigenvalue weighted by atomic mass is 10.1. The number of nitrogens with zero attached hydrogens (tertiary/aromatic N) is 1. The molecule has 0 aliphatic rings. The van der Waals surface area contributed by atoms with E-state index >= 15 is 0 Å². The van der Waals surface area contributed by atoms with Crippen molar-refractivity contribution in [1.82, 2.24) is 9.97 Å². The van der Waals surface area contributed by atoms with E-state index in [4.69, 9.17) is 9.84 Å². The molecule has 6 nitrogen and oxygen atoms in total. The third-order valence-corrected chi connectivity index (χ3v) is 3.02. The van der Waals surface area contributed by atoms with Crippen LogP contribution in [0.4, 0.5) is 0 Å². The Bertz CT molecular complexity index is 722. The van der Waals surface area contributed by atoms with Crippen molar-refractivity contribution in [3.05, 3.63) is 57.3 Å². The van der Waals surface area contributed by atoms with Gasteiger partial charge < -0.3 is 14.8 Å². The van der Waals surface area contributed by atoms with Gasteiger partial charge in [-0.25, -0.2) is 9.78 Å². The van der Waals surface area contributed by atoms with Crippen LogP contribution in [0.5, 0.6) is 5.75 Å². The summed E-state index contributed by atoms with van der Waals surface area (Å²) in [4.78, 5) is 28.6. The minimum absolute atomic E-state index is 0.347. The van der Waals surface area contributed by atoms with Gasteiger partial charge in [-0.2, -0.15) is 0 Å². The highest BCUT2D eigenvalue weighted by Crippen LogP contribution is 2.19. The zero-order valence-corrected chi connectivity index (χ0v) is 11.8. The molecular weight excluding hydrogens is 272 g/mol. The molecule has 0 aliphatic heterocycles. The molecule has 21 heavy (non-hydrogen) atoms. The highest BCUT2D eigenvalue weighted by Gasteiger charge is 2.09. The highest BCUT2D eigenvalue weighted by molar-refractivity contribution is 5.86. The highest BCUT2D eigenvalue weighted by atomic mass is 16.5. The average Bonchev–Trinajstić information content (AvgIpc) is 2.42.